The van der Waals surface area contributed by atoms with Gasteiger partial charge in [0.25, 0.3) is 5.91 Å². The lowest BCUT2D eigenvalue weighted by Crippen LogP contribution is -2.44. The van der Waals surface area contributed by atoms with Gasteiger partial charge in [0.15, 0.2) is 0 Å². The summed E-state index contributed by atoms with van der Waals surface area (Å²) < 4.78 is 5.21. The number of rotatable bonds is 12. The fourth-order valence-electron chi connectivity index (χ4n) is 6.44. The molecular weight excluding hydrogens is 578 g/mol. The van der Waals surface area contributed by atoms with Crippen LogP contribution in [0.25, 0.3) is 0 Å². The van der Waals surface area contributed by atoms with Crippen molar-refractivity contribution in [3.8, 4) is 0 Å². The summed E-state index contributed by atoms with van der Waals surface area (Å²) in [5.74, 6) is 0.222. The van der Waals surface area contributed by atoms with Crippen LogP contribution in [0.4, 0.5) is 11.4 Å². The van der Waals surface area contributed by atoms with E-state index in [9.17, 15) is 14.7 Å². The Kier molecular flexibility index (Phi) is 10.6. The average molecular weight is 624 g/mol. The molecule has 3 aromatic carbocycles. The number of aromatic nitrogens is 1. The summed E-state index contributed by atoms with van der Waals surface area (Å²) in [6, 6.07) is 25.3. The van der Waals surface area contributed by atoms with Crippen molar-refractivity contribution in [2.75, 3.05) is 50.5 Å². The maximum atomic E-state index is 13.6. The van der Waals surface area contributed by atoms with E-state index >= 15 is 0 Å². The van der Waals surface area contributed by atoms with Gasteiger partial charge < -0.3 is 30.1 Å². The Bertz CT molecular complexity index is 1550. The summed E-state index contributed by atoms with van der Waals surface area (Å²) in [5, 5.41) is 22.3. The summed E-state index contributed by atoms with van der Waals surface area (Å²) in [6.45, 7) is 6.36. The molecule has 9 nitrogen and oxygen atoms in total. The molecule has 46 heavy (non-hydrogen) atoms. The van der Waals surface area contributed by atoms with E-state index in [0.29, 0.717) is 42.3 Å². The highest BCUT2D eigenvalue weighted by molar-refractivity contribution is 6.02. The van der Waals surface area contributed by atoms with Crippen LogP contribution < -0.4 is 15.5 Å². The van der Waals surface area contributed by atoms with Crippen LogP contribution in [-0.2, 0) is 16.8 Å². The van der Waals surface area contributed by atoms with Gasteiger partial charge in [-0.3, -0.25) is 9.59 Å². The number of amides is 2. The second-order valence-corrected chi connectivity index (χ2v) is 12.4. The lowest BCUT2D eigenvalue weighted by atomic mass is 9.72. The fourth-order valence-corrected chi connectivity index (χ4v) is 6.44. The molecule has 1 fully saturated rings. The van der Waals surface area contributed by atoms with E-state index in [4.69, 9.17) is 4.52 Å². The van der Waals surface area contributed by atoms with Crippen LogP contribution in [0.15, 0.2) is 83.4 Å². The second-order valence-electron chi connectivity index (χ2n) is 12.4. The molecule has 5 rings (SSSR count). The molecule has 0 radical (unpaired) electrons. The van der Waals surface area contributed by atoms with Crippen LogP contribution in [-0.4, -0.2) is 67.3 Å². The predicted molar refractivity (Wildman–Crippen MR) is 181 cm³/mol. The highest BCUT2D eigenvalue weighted by Gasteiger charge is 2.41. The third-order valence-electron chi connectivity index (χ3n) is 8.97. The van der Waals surface area contributed by atoms with Gasteiger partial charge in [-0.15, -0.1) is 0 Å². The zero-order valence-electron chi connectivity index (χ0n) is 27.3. The van der Waals surface area contributed by atoms with E-state index < -0.39 is 5.60 Å². The molecule has 1 aromatic heterocycles. The molecule has 242 valence electrons. The Morgan fingerprint density at radius 3 is 2.17 bits per heavy atom. The van der Waals surface area contributed by atoms with Gasteiger partial charge in [-0.05, 0) is 89.0 Å². The van der Waals surface area contributed by atoms with Gasteiger partial charge in [-0.2, -0.15) is 0 Å². The maximum absolute atomic E-state index is 13.6. The van der Waals surface area contributed by atoms with Gasteiger partial charge in [-0.1, -0.05) is 65.8 Å². The first kappa shape index (κ1) is 32.9. The summed E-state index contributed by atoms with van der Waals surface area (Å²) in [6.07, 6.45) is 2.43. The number of carbonyl (C=O) groups is 2. The van der Waals surface area contributed by atoms with Crippen molar-refractivity contribution in [1.29, 1.82) is 0 Å². The third kappa shape index (κ3) is 7.49. The van der Waals surface area contributed by atoms with Gasteiger partial charge in [0, 0.05) is 36.6 Å². The Labute approximate surface area is 271 Å². The molecule has 0 saturated carbocycles. The molecule has 0 atom stereocenters. The largest absolute Gasteiger partial charge is 0.380 e. The Hall–Kier alpha value is -4.47. The fraction of sp³-hybridized carbons (Fsp3) is 0.378. The van der Waals surface area contributed by atoms with Gasteiger partial charge in [-0.25, -0.2) is 0 Å². The van der Waals surface area contributed by atoms with Gasteiger partial charge in [0.05, 0.1) is 17.7 Å². The number of nitrogens with zero attached hydrogens (tertiary/aromatic N) is 3. The van der Waals surface area contributed by atoms with Crippen molar-refractivity contribution < 1.29 is 19.2 Å². The van der Waals surface area contributed by atoms with Crippen molar-refractivity contribution in [3.63, 3.8) is 0 Å². The smallest absolute Gasteiger partial charge is 0.253 e. The number of hydrogen-bond donors (Lipinski definition) is 3. The Morgan fingerprint density at radius 1 is 0.978 bits per heavy atom. The van der Waals surface area contributed by atoms with Crippen molar-refractivity contribution in [3.05, 3.63) is 113 Å². The van der Waals surface area contributed by atoms with Crippen molar-refractivity contribution >= 4 is 23.2 Å². The molecular formula is C37H45N5O4. The van der Waals surface area contributed by atoms with Crippen LogP contribution in [0.1, 0.15) is 57.8 Å². The number of benzene rings is 3. The predicted octanol–water partition coefficient (Wildman–Crippen LogP) is 5.31. The van der Waals surface area contributed by atoms with Crippen LogP contribution in [0.5, 0.6) is 0 Å². The Morgan fingerprint density at radius 2 is 1.61 bits per heavy atom. The standard InChI is InChI=1S/C37H45N5O4/c1-26-32(27(2)46-40-26)25-35(43)39-31-16-17-34(33(24-31)36(44)38-20-11-21-41(3)4)42-22-18-30(19-23-42)37(45,28-12-7-5-8-13-28)29-14-9-6-10-15-29/h5-10,12-17,24,30,45H,11,18-23,25H2,1-4H3,(H,38,44)(H,39,43). The van der Waals surface area contributed by atoms with E-state index in [-0.39, 0.29) is 24.2 Å². The van der Waals surface area contributed by atoms with E-state index in [2.05, 4.69) is 25.6 Å². The first-order chi connectivity index (χ1) is 22.2. The van der Waals surface area contributed by atoms with E-state index in [1.807, 2.05) is 93.8 Å². The number of piperidine rings is 1. The second kappa shape index (κ2) is 14.7. The zero-order chi connectivity index (χ0) is 32.7. The quantitative estimate of drug-likeness (QED) is 0.184. The highest BCUT2D eigenvalue weighted by Crippen LogP contribution is 2.43. The van der Waals surface area contributed by atoms with Crippen LogP contribution in [0, 0.1) is 19.8 Å². The van der Waals surface area contributed by atoms with Crippen molar-refractivity contribution in [1.82, 2.24) is 15.4 Å². The molecule has 9 heteroatoms. The summed E-state index contributed by atoms with van der Waals surface area (Å²) >= 11 is 0. The molecule has 2 amide bonds. The molecule has 1 aliphatic rings. The topological polar surface area (TPSA) is 111 Å². The molecule has 2 heterocycles. The van der Waals surface area contributed by atoms with E-state index in [1.165, 1.54) is 0 Å². The minimum atomic E-state index is -1.13. The number of nitrogens with one attached hydrogen (secondary N) is 2. The summed E-state index contributed by atoms with van der Waals surface area (Å²) in [7, 11) is 4.02. The number of hydrogen-bond acceptors (Lipinski definition) is 7. The lowest BCUT2D eigenvalue weighted by molar-refractivity contribution is -0.115. The van der Waals surface area contributed by atoms with Gasteiger partial charge in [0.1, 0.15) is 11.4 Å². The maximum Gasteiger partial charge on any atom is 0.253 e. The van der Waals surface area contributed by atoms with E-state index in [1.54, 1.807) is 13.0 Å². The minimum Gasteiger partial charge on any atom is -0.380 e. The number of aryl methyl sites for hydroxylation is 2. The molecule has 0 aliphatic carbocycles. The highest BCUT2D eigenvalue weighted by atomic mass is 16.5. The molecule has 0 bridgehead atoms. The number of anilines is 2. The third-order valence-corrected chi connectivity index (χ3v) is 8.97. The molecule has 0 spiro atoms. The molecule has 1 saturated heterocycles. The monoisotopic (exact) mass is 623 g/mol. The minimum absolute atomic E-state index is 0.0141. The van der Waals surface area contributed by atoms with Crippen LogP contribution in [0.2, 0.25) is 0 Å². The zero-order valence-corrected chi connectivity index (χ0v) is 27.3. The average Bonchev–Trinajstić information content (AvgIpc) is 3.39. The first-order valence-electron chi connectivity index (χ1n) is 16.0. The van der Waals surface area contributed by atoms with Crippen molar-refractivity contribution in [2.24, 2.45) is 5.92 Å². The van der Waals surface area contributed by atoms with Crippen LogP contribution >= 0.6 is 0 Å². The molecule has 0 unspecified atom stereocenters. The summed E-state index contributed by atoms with van der Waals surface area (Å²) in [4.78, 5) is 30.9. The number of carbonyl (C=O) groups excluding carboxylic acids is 2. The normalized spacial score (nSPS) is 14.0. The SMILES string of the molecule is Cc1noc(C)c1CC(=O)Nc1ccc(N2CCC(C(O)(c3ccccc3)c3ccccc3)CC2)c(C(=O)NCCCN(C)C)c1. The lowest BCUT2D eigenvalue weighted by Gasteiger charge is -2.43. The number of aliphatic hydroxyl groups is 1. The molecule has 1 aliphatic heterocycles. The van der Waals surface area contributed by atoms with Gasteiger partial charge in [0.2, 0.25) is 5.91 Å². The first-order valence-corrected chi connectivity index (χ1v) is 16.0. The van der Waals surface area contributed by atoms with E-state index in [0.717, 1.165) is 48.2 Å². The van der Waals surface area contributed by atoms with Crippen LogP contribution in [0.3, 0.4) is 0 Å². The molecule has 3 N–H and O–H groups in total. The van der Waals surface area contributed by atoms with Gasteiger partial charge >= 0.3 is 0 Å². The Balaban J connectivity index is 1.36. The van der Waals surface area contributed by atoms with Crippen molar-refractivity contribution in [2.45, 2.75) is 45.1 Å². The summed E-state index contributed by atoms with van der Waals surface area (Å²) in [5.41, 5.74) is 3.98. The molecule has 4 aromatic rings.